The maximum atomic E-state index is 13.6. The third-order valence-electron chi connectivity index (χ3n) is 7.36. The zero-order valence-corrected chi connectivity index (χ0v) is 21.2. The van der Waals surface area contributed by atoms with Crippen molar-refractivity contribution >= 4 is 22.8 Å². The number of pyridine rings is 3. The van der Waals surface area contributed by atoms with Crippen molar-refractivity contribution in [2.24, 2.45) is 11.8 Å². The first-order valence-corrected chi connectivity index (χ1v) is 12.5. The fraction of sp³-hybridized carbons (Fsp3) is 0.481. The zero-order chi connectivity index (χ0) is 25.4. The predicted octanol–water partition coefficient (Wildman–Crippen LogP) is 3.88. The van der Waals surface area contributed by atoms with Crippen molar-refractivity contribution in [3.8, 4) is 17.1 Å². The van der Waals surface area contributed by atoms with Crippen LogP contribution in [0.15, 0.2) is 36.7 Å². The van der Waals surface area contributed by atoms with Gasteiger partial charge in [-0.05, 0) is 42.9 Å². The maximum Gasteiger partial charge on any atom is 0.324 e. The van der Waals surface area contributed by atoms with Gasteiger partial charge in [0.2, 0.25) is 5.88 Å². The van der Waals surface area contributed by atoms with Gasteiger partial charge >= 0.3 is 6.03 Å². The lowest BCUT2D eigenvalue weighted by atomic mass is 9.77. The number of amides is 2. The molecule has 0 bridgehead atoms. The van der Waals surface area contributed by atoms with Gasteiger partial charge in [-0.1, -0.05) is 13.8 Å². The summed E-state index contributed by atoms with van der Waals surface area (Å²) >= 11 is 0. The van der Waals surface area contributed by atoms with Gasteiger partial charge in [-0.3, -0.25) is 9.88 Å². The summed E-state index contributed by atoms with van der Waals surface area (Å²) in [5.41, 5.74) is 4.95. The van der Waals surface area contributed by atoms with Crippen LogP contribution in [-0.2, 0) is 11.3 Å². The highest BCUT2D eigenvalue weighted by molar-refractivity contribution is 6.04. The van der Waals surface area contributed by atoms with E-state index in [9.17, 15) is 9.90 Å². The number of methoxy groups -OCH3 is 1. The van der Waals surface area contributed by atoms with Gasteiger partial charge in [0.15, 0.2) is 0 Å². The summed E-state index contributed by atoms with van der Waals surface area (Å²) in [6.45, 7) is 5.17. The molecule has 1 saturated carbocycles. The molecule has 4 heterocycles. The average molecular weight is 492 g/mol. The van der Waals surface area contributed by atoms with Gasteiger partial charge in [0.1, 0.15) is 5.52 Å². The first kappa shape index (κ1) is 24.4. The van der Waals surface area contributed by atoms with Crippen LogP contribution >= 0.6 is 0 Å². The molecule has 2 amide bonds. The van der Waals surface area contributed by atoms with Gasteiger partial charge in [-0.2, -0.15) is 0 Å². The number of carbonyl (C=O) groups is 1. The van der Waals surface area contributed by atoms with Crippen molar-refractivity contribution in [2.75, 3.05) is 32.3 Å². The van der Waals surface area contributed by atoms with E-state index in [4.69, 9.17) is 14.5 Å². The summed E-state index contributed by atoms with van der Waals surface area (Å²) in [6.07, 6.45) is 5.29. The highest BCUT2D eigenvalue weighted by Gasteiger charge is 2.42. The Bertz CT molecular complexity index is 1240. The van der Waals surface area contributed by atoms with Crippen LogP contribution in [0.4, 0.5) is 10.5 Å². The van der Waals surface area contributed by atoms with Crippen molar-refractivity contribution in [1.82, 2.24) is 19.9 Å². The molecule has 0 spiro atoms. The van der Waals surface area contributed by atoms with E-state index < -0.39 is 0 Å². The van der Waals surface area contributed by atoms with Crippen LogP contribution in [-0.4, -0.2) is 70.5 Å². The van der Waals surface area contributed by atoms with Gasteiger partial charge in [-0.15, -0.1) is 0 Å². The van der Waals surface area contributed by atoms with Gasteiger partial charge in [-0.25, -0.2) is 14.8 Å². The summed E-state index contributed by atoms with van der Waals surface area (Å²) in [5.74, 6) is 1.03. The molecule has 9 heteroatoms. The van der Waals surface area contributed by atoms with E-state index in [1.807, 2.05) is 42.4 Å². The number of rotatable bonds is 6. The topological polar surface area (TPSA) is 101 Å². The van der Waals surface area contributed by atoms with E-state index >= 15 is 0 Å². The van der Waals surface area contributed by atoms with Crippen LogP contribution in [0, 0.1) is 11.8 Å². The first-order valence-electron chi connectivity index (χ1n) is 12.5. The number of hydrogen-bond donors (Lipinski definition) is 1. The normalized spacial score (nSPS) is 24.2. The third kappa shape index (κ3) is 4.37. The summed E-state index contributed by atoms with van der Waals surface area (Å²) in [5, 5.41) is 9.22. The molecule has 1 aliphatic heterocycles. The highest BCUT2D eigenvalue weighted by atomic mass is 16.5. The SMILES string of the molecule is COc1ccc(-c2ccc3ncc4c(c3n2)N(C2CC(C)C(OCCO)C(C)C2)C(=O)N(C)C4)cn1. The smallest absolute Gasteiger partial charge is 0.324 e. The molecule has 1 fully saturated rings. The zero-order valence-electron chi connectivity index (χ0n) is 21.2. The number of aromatic nitrogens is 3. The third-order valence-corrected chi connectivity index (χ3v) is 7.36. The van der Waals surface area contributed by atoms with E-state index in [1.54, 1.807) is 18.2 Å². The van der Waals surface area contributed by atoms with E-state index in [0.717, 1.165) is 46.4 Å². The summed E-state index contributed by atoms with van der Waals surface area (Å²) in [7, 11) is 3.42. The summed E-state index contributed by atoms with van der Waals surface area (Å²) < 4.78 is 11.1. The molecular weight excluding hydrogens is 458 g/mol. The molecule has 2 unspecified atom stereocenters. The lowest BCUT2D eigenvalue weighted by Crippen LogP contribution is -2.54. The van der Waals surface area contributed by atoms with Crippen LogP contribution in [0.5, 0.6) is 5.88 Å². The van der Waals surface area contributed by atoms with Crippen LogP contribution < -0.4 is 9.64 Å². The lowest BCUT2D eigenvalue weighted by Gasteiger charge is -2.46. The Labute approximate surface area is 211 Å². The Hall–Kier alpha value is -3.30. The van der Waals surface area contributed by atoms with E-state index in [1.165, 1.54) is 0 Å². The Balaban J connectivity index is 1.57. The number of carbonyl (C=O) groups excluding carboxylic acids is 1. The standard InChI is InChI=1S/C27H33N5O4/c1-16-11-20(12-17(2)26(16)36-10-9-33)32-25-19(15-31(3)27(32)34)14-28-22-7-6-21(30-24(22)25)18-5-8-23(35-4)29-13-18/h5-8,13-14,16-17,20,26,33H,9-12,15H2,1-4H3. The summed E-state index contributed by atoms with van der Waals surface area (Å²) in [4.78, 5) is 31.3. The van der Waals surface area contributed by atoms with Gasteiger partial charge < -0.3 is 19.5 Å². The Kier molecular flexibility index (Phi) is 6.77. The second-order valence-corrected chi connectivity index (χ2v) is 9.93. The molecule has 9 nitrogen and oxygen atoms in total. The molecule has 0 radical (unpaired) electrons. The van der Waals surface area contributed by atoms with Gasteiger partial charge in [0.25, 0.3) is 0 Å². The second-order valence-electron chi connectivity index (χ2n) is 9.93. The maximum absolute atomic E-state index is 13.6. The molecule has 3 aromatic heterocycles. The fourth-order valence-electron chi connectivity index (χ4n) is 5.74. The Morgan fingerprint density at radius 1 is 1.08 bits per heavy atom. The first-order chi connectivity index (χ1) is 17.4. The van der Waals surface area contributed by atoms with Crippen LogP contribution in [0.2, 0.25) is 0 Å². The minimum absolute atomic E-state index is 0.0108. The van der Waals surface area contributed by atoms with Crippen LogP contribution in [0.25, 0.3) is 22.3 Å². The number of nitrogens with zero attached hydrogens (tertiary/aromatic N) is 5. The fourth-order valence-corrected chi connectivity index (χ4v) is 5.74. The number of aliphatic hydroxyl groups is 1. The molecule has 0 aromatic carbocycles. The van der Waals surface area contributed by atoms with Gasteiger partial charge in [0, 0.05) is 42.7 Å². The average Bonchev–Trinajstić information content (AvgIpc) is 2.88. The van der Waals surface area contributed by atoms with E-state index in [2.05, 4.69) is 23.8 Å². The Morgan fingerprint density at radius 3 is 2.53 bits per heavy atom. The minimum atomic E-state index is -0.0209. The predicted molar refractivity (Wildman–Crippen MR) is 137 cm³/mol. The minimum Gasteiger partial charge on any atom is -0.481 e. The molecule has 5 rings (SSSR count). The quantitative estimate of drug-likeness (QED) is 0.558. The molecule has 1 N–H and O–H groups in total. The Morgan fingerprint density at radius 2 is 1.86 bits per heavy atom. The number of urea groups is 1. The second kappa shape index (κ2) is 9.99. The number of aliphatic hydroxyl groups excluding tert-OH is 1. The molecule has 2 aliphatic rings. The lowest BCUT2D eigenvalue weighted by molar-refractivity contribution is -0.0527. The molecule has 1 aliphatic carbocycles. The largest absolute Gasteiger partial charge is 0.481 e. The number of fused-ring (bicyclic) bond motifs is 3. The van der Waals surface area contributed by atoms with Crippen LogP contribution in [0.3, 0.4) is 0 Å². The molecule has 3 aromatic rings. The number of ether oxygens (including phenoxy) is 2. The number of hydrogen-bond acceptors (Lipinski definition) is 7. The van der Waals surface area contributed by atoms with Gasteiger partial charge in [0.05, 0.1) is 49.9 Å². The molecule has 0 saturated heterocycles. The monoisotopic (exact) mass is 491 g/mol. The molecule has 190 valence electrons. The molecular formula is C27H33N5O4. The number of anilines is 1. The van der Waals surface area contributed by atoms with Crippen molar-refractivity contribution in [1.29, 1.82) is 0 Å². The van der Waals surface area contributed by atoms with Crippen LogP contribution in [0.1, 0.15) is 32.3 Å². The van der Waals surface area contributed by atoms with E-state index in [-0.39, 0.29) is 36.6 Å². The van der Waals surface area contributed by atoms with Crippen molar-refractivity contribution in [2.45, 2.75) is 45.4 Å². The van der Waals surface area contributed by atoms with E-state index in [0.29, 0.717) is 19.0 Å². The van der Waals surface area contributed by atoms with Crippen molar-refractivity contribution < 1.29 is 19.4 Å². The molecule has 36 heavy (non-hydrogen) atoms. The molecule has 2 atom stereocenters. The van der Waals surface area contributed by atoms with Crippen molar-refractivity contribution in [3.05, 3.63) is 42.2 Å². The van der Waals surface area contributed by atoms with Crippen molar-refractivity contribution in [3.63, 3.8) is 0 Å². The highest BCUT2D eigenvalue weighted by Crippen LogP contribution is 2.41. The summed E-state index contributed by atoms with van der Waals surface area (Å²) in [6, 6.07) is 7.61.